The zero-order valence-electron chi connectivity index (χ0n) is 52.6. The molecule has 0 aliphatic heterocycles. The first-order valence-electron chi connectivity index (χ1n) is 34.0. The van der Waals surface area contributed by atoms with E-state index >= 15 is 0 Å². The largest absolute Gasteiger partial charge is 0.477 e. The lowest BCUT2D eigenvalue weighted by Gasteiger charge is -2.25. The molecule has 1 N–H and O–H groups in total. The molecule has 0 aliphatic rings. The van der Waals surface area contributed by atoms with Crippen LogP contribution >= 0.6 is 0 Å². The number of nitrogens with zero attached hydrogens (tertiary/aromatic N) is 1. The second-order valence-corrected chi connectivity index (χ2v) is 24.5. The molecule has 0 aromatic heterocycles. The minimum absolute atomic E-state index is 0.174. The first-order chi connectivity index (χ1) is 38.1. The van der Waals surface area contributed by atoms with Crippen molar-refractivity contribution < 1.29 is 42.9 Å². The van der Waals surface area contributed by atoms with E-state index in [1.54, 1.807) is 0 Å². The molecule has 0 aromatic rings. The lowest BCUT2D eigenvalue weighted by Crippen LogP contribution is -2.40. The monoisotopic (exact) mass is 1100 g/mol. The normalized spacial score (nSPS) is 12.8. The third kappa shape index (κ3) is 61.4. The fraction of sp³-hybridized carbons (Fsp3) is 0.899. The van der Waals surface area contributed by atoms with E-state index in [0.29, 0.717) is 17.4 Å². The summed E-state index contributed by atoms with van der Waals surface area (Å²) < 4.78 is 22.9. The van der Waals surface area contributed by atoms with Crippen LogP contribution in [-0.4, -0.2) is 87.4 Å². The molecule has 0 bridgehead atoms. The van der Waals surface area contributed by atoms with Gasteiger partial charge in [-0.25, -0.2) is 4.79 Å². The van der Waals surface area contributed by atoms with Gasteiger partial charge in [0, 0.05) is 12.8 Å². The number of carbonyl (C=O) groups excluding carboxylic acids is 2. The number of carbonyl (C=O) groups is 3. The first kappa shape index (κ1) is 75.8. The molecule has 0 heterocycles. The highest BCUT2D eigenvalue weighted by Gasteiger charge is 2.25. The standard InChI is InChI=1S/C69H131NO8/c1-6-8-10-12-14-16-18-20-22-23-24-25-26-27-28-29-30-31-32-33-34-35-36-37-38-39-40-41-42-43-44-45-46-48-50-52-54-56-58-60-67(72)78-65(64-77-69(68(73)74)75-62-61-70(3,4)5)63-76-66(71)59-57-55-53-51-49-47-21-19-17-15-13-11-9-7-2/h18,20,23-24,65,69H,6-17,19,21-22,25-64H2,1-5H3/p+1/b20-18-,24-23-. The van der Waals surface area contributed by atoms with Crippen molar-refractivity contribution in [1.29, 1.82) is 0 Å². The molecule has 9 nitrogen and oxygen atoms in total. The minimum Gasteiger partial charge on any atom is -0.477 e. The number of hydrogen-bond donors (Lipinski definition) is 1. The highest BCUT2D eigenvalue weighted by atomic mass is 16.7. The Morgan fingerprint density at radius 3 is 1.01 bits per heavy atom. The Kier molecular flexibility index (Phi) is 59.1. The van der Waals surface area contributed by atoms with Gasteiger partial charge in [0.2, 0.25) is 0 Å². The van der Waals surface area contributed by atoms with Crippen molar-refractivity contribution >= 4 is 17.9 Å². The van der Waals surface area contributed by atoms with E-state index < -0.39 is 18.4 Å². The van der Waals surface area contributed by atoms with Crippen LogP contribution in [0.4, 0.5) is 0 Å². The summed E-state index contributed by atoms with van der Waals surface area (Å²) in [6.45, 7) is 4.92. The molecule has 0 saturated carbocycles. The maximum absolute atomic E-state index is 12.9. The van der Waals surface area contributed by atoms with Gasteiger partial charge in [0.05, 0.1) is 34.4 Å². The van der Waals surface area contributed by atoms with Crippen molar-refractivity contribution in [1.82, 2.24) is 0 Å². The van der Waals surface area contributed by atoms with E-state index in [2.05, 4.69) is 38.2 Å². The number of aliphatic carboxylic acids is 1. The number of unbranched alkanes of at least 4 members (excludes halogenated alkanes) is 45. The molecule has 2 unspecified atom stereocenters. The minimum atomic E-state index is -1.50. The van der Waals surface area contributed by atoms with Gasteiger partial charge in [-0.3, -0.25) is 9.59 Å². The van der Waals surface area contributed by atoms with Crippen molar-refractivity contribution in [2.45, 2.75) is 354 Å². The summed E-state index contributed by atoms with van der Waals surface area (Å²) in [6.07, 6.45) is 71.7. The Morgan fingerprint density at radius 1 is 0.385 bits per heavy atom. The Bertz CT molecular complexity index is 1330. The number of likely N-dealkylation sites (N-methyl/N-ethyl adjacent to an activating group) is 1. The number of carboxylic acids is 1. The second-order valence-electron chi connectivity index (χ2n) is 24.5. The van der Waals surface area contributed by atoms with Crippen LogP contribution in [0.1, 0.15) is 341 Å². The average molecular weight is 1100 g/mol. The highest BCUT2D eigenvalue weighted by molar-refractivity contribution is 5.71. The van der Waals surface area contributed by atoms with Crippen LogP contribution < -0.4 is 0 Å². The predicted octanol–water partition coefficient (Wildman–Crippen LogP) is 20.6. The molecule has 78 heavy (non-hydrogen) atoms. The van der Waals surface area contributed by atoms with Crippen molar-refractivity contribution in [3.05, 3.63) is 24.3 Å². The van der Waals surface area contributed by atoms with Crippen molar-refractivity contribution in [2.75, 3.05) is 47.5 Å². The third-order valence-corrected chi connectivity index (χ3v) is 15.5. The molecule has 0 aliphatic carbocycles. The van der Waals surface area contributed by atoms with E-state index in [-0.39, 0.29) is 38.2 Å². The summed E-state index contributed by atoms with van der Waals surface area (Å²) in [6, 6.07) is 0. The van der Waals surface area contributed by atoms with Crippen molar-refractivity contribution in [3.63, 3.8) is 0 Å². The van der Waals surface area contributed by atoms with E-state index in [9.17, 15) is 19.5 Å². The molecule has 9 heteroatoms. The topological polar surface area (TPSA) is 108 Å². The Hall–Kier alpha value is -2.23. The van der Waals surface area contributed by atoms with Crippen molar-refractivity contribution in [2.24, 2.45) is 0 Å². The molecule has 2 atom stereocenters. The van der Waals surface area contributed by atoms with E-state index in [4.69, 9.17) is 18.9 Å². The van der Waals surface area contributed by atoms with Gasteiger partial charge in [0.25, 0.3) is 6.29 Å². The predicted molar refractivity (Wildman–Crippen MR) is 332 cm³/mol. The summed E-state index contributed by atoms with van der Waals surface area (Å²) in [4.78, 5) is 37.4. The fourth-order valence-corrected chi connectivity index (χ4v) is 10.2. The van der Waals surface area contributed by atoms with Gasteiger partial charge in [0.1, 0.15) is 13.2 Å². The van der Waals surface area contributed by atoms with Gasteiger partial charge in [-0.05, 0) is 44.9 Å². The Labute approximate surface area is 484 Å². The van der Waals surface area contributed by atoms with Gasteiger partial charge < -0.3 is 28.5 Å². The number of hydrogen-bond acceptors (Lipinski definition) is 7. The second kappa shape index (κ2) is 60.9. The van der Waals surface area contributed by atoms with Crippen LogP contribution in [0.25, 0.3) is 0 Å². The Morgan fingerprint density at radius 2 is 0.692 bits per heavy atom. The zero-order valence-corrected chi connectivity index (χ0v) is 52.6. The molecule has 460 valence electrons. The summed E-state index contributed by atoms with van der Waals surface area (Å²) in [7, 11) is 5.98. The van der Waals surface area contributed by atoms with Gasteiger partial charge in [-0.2, -0.15) is 0 Å². The SMILES string of the molecule is CCCCCCC/C=C\C/C=C\CCCCCCCCCCCCCCCCCCCCCCCCCCCCCC(=O)OC(COC(=O)CCCCCCCCCCCCCCCC)COC(OCC[N+](C)(C)C)C(=O)O. The molecule has 0 spiro atoms. The van der Waals surface area contributed by atoms with Gasteiger partial charge in [-0.15, -0.1) is 0 Å². The summed E-state index contributed by atoms with van der Waals surface area (Å²) in [5, 5.41) is 9.71. The van der Waals surface area contributed by atoms with Crippen LogP contribution in [0.3, 0.4) is 0 Å². The van der Waals surface area contributed by atoms with E-state index in [1.165, 1.54) is 270 Å². The number of ether oxygens (including phenoxy) is 4. The van der Waals surface area contributed by atoms with E-state index in [0.717, 1.165) is 44.9 Å². The zero-order chi connectivity index (χ0) is 56.9. The molecule has 0 saturated heterocycles. The maximum atomic E-state index is 12.9. The summed E-state index contributed by atoms with van der Waals surface area (Å²) in [5.74, 6) is -1.98. The van der Waals surface area contributed by atoms with Crippen LogP contribution in [-0.2, 0) is 33.3 Å². The summed E-state index contributed by atoms with van der Waals surface area (Å²) in [5.41, 5.74) is 0. The number of esters is 2. The first-order valence-corrected chi connectivity index (χ1v) is 34.0. The number of carboxylic acid groups (broad SMARTS) is 1. The average Bonchev–Trinajstić information content (AvgIpc) is 3.41. The molecule has 0 radical (unpaired) electrons. The van der Waals surface area contributed by atoms with E-state index in [1.807, 2.05) is 21.1 Å². The van der Waals surface area contributed by atoms with Gasteiger partial charge >= 0.3 is 17.9 Å². The summed E-state index contributed by atoms with van der Waals surface area (Å²) >= 11 is 0. The third-order valence-electron chi connectivity index (χ3n) is 15.5. The highest BCUT2D eigenvalue weighted by Crippen LogP contribution is 2.19. The lowest BCUT2D eigenvalue weighted by molar-refractivity contribution is -0.870. The Balaban J connectivity index is 3.91. The molecule has 0 amide bonds. The fourth-order valence-electron chi connectivity index (χ4n) is 10.2. The van der Waals surface area contributed by atoms with Gasteiger partial charge in [-0.1, -0.05) is 308 Å². The molecular formula is C69H132NO8+. The maximum Gasteiger partial charge on any atom is 0.361 e. The quantitative estimate of drug-likeness (QED) is 0.0211. The van der Waals surface area contributed by atoms with Crippen LogP contribution in [0.15, 0.2) is 24.3 Å². The van der Waals surface area contributed by atoms with Crippen LogP contribution in [0.2, 0.25) is 0 Å². The molecule has 0 aromatic carbocycles. The van der Waals surface area contributed by atoms with Gasteiger partial charge in [0.15, 0.2) is 6.10 Å². The van der Waals surface area contributed by atoms with Crippen LogP contribution in [0, 0.1) is 0 Å². The molecule has 0 rings (SSSR count). The number of quaternary nitrogens is 1. The number of allylic oxidation sites excluding steroid dienone is 4. The van der Waals surface area contributed by atoms with Crippen LogP contribution in [0.5, 0.6) is 0 Å². The smallest absolute Gasteiger partial charge is 0.361 e. The van der Waals surface area contributed by atoms with Crippen molar-refractivity contribution in [3.8, 4) is 0 Å². The number of rotatable bonds is 64. The molecule has 0 fully saturated rings. The molecular weight excluding hydrogens is 971 g/mol. The lowest BCUT2D eigenvalue weighted by atomic mass is 10.0.